The van der Waals surface area contributed by atoms with E-state index in [9.17, 15) is 23.6 Å². The first-order chi connectivity index (χ1) is 17.9. The summed E-state index contributed by atoms with van der Waals surface area (Å²) in [5.74, 6) is -4.76. The fourth-order valence-electron chi connectivity index (χ4n) is 5.64. The number of halogens is 1. The van der Waals surface area contributed by atoms with Crippen LogP contribution in [0.15, 0.2) is 77.9 Å². The van der Waals surface area contributed by atoms with Gasteiger partial charge in [-0.1, -0.05) is 36.4 Å². The molecule has 3 aromatic rings. The van der Waals surface area contributed by atoms with Crippen LogP contribution < -0.4 is 4.90 Å². The number of Topliss-reactive ketones (excluding diaryl/α,β-unsaturated/α-hetero) is 1. The number of nitrogens with zero attached hydrogens (tertiary/aromatic N) is 3. The number of esters is 1. The van der Waals surface area contributed by atoms with E-state index >= 15 is 0 Å². The second kappa shape index (κ2) is 8.48. The Morgan fingerprint density at radius 2 is 1.57 bits per heavy atom. The van der Waals surface area contributed by atoms with Crippen molar-refractivity contribution in [3.8, 4) is 0 Å². The first-order valence-electron chi connectivity index (χ1n) is 11.7. The quantitative estimate of drug-likeness (QED) is 0.312. The van der Waals surface area contributed by atoms with Crippen molar-refractivity contribution in [1.82, 2.24) is 5.01 Å². The Kier molecular flexibility index (Phi) is 5.22. The smallest absolute Gasteiger partial charge is 0.339 e. The fourth-order valence-corrected chi connectivity index (χ4v) is 5.64. The van der Waals surface area contributed by atoms with E-state index in [0.29, 0.717) is 0 Å². The number of anilines is 1. The highest BCUT2D eigenvalue weighted by Gasteiger charge is 2.65. The van der Waals surface area contributed by atoms with Crippen LogP contribution in [0.3, 0.4) is 0 Å². The van der Waals surface area contributed by atoms with Crippen LogP contribution in [0.5, 0.6) is 0 Å². The monoisotopic (exact) mass is 497 g/mol. The summed E-state index contributed by atoms with van der Waals surface area (Å²) < 4.78 is 18.4. The molecule has 0 aliphatic carbocycles. The number of benzene rings is 3. The number of methoxy groups -OCH3 is 1. The zero-order chi connectivity index (χ0) is 25.8. The van der Waals surface area contributed by atoms with Gasteiger partial charge in [0, 0.05) is 5.56 Å². The number of rotatable bonds is 4. The molecule has 184 valence electrons. The minimum absolute atomic E-state index is 0.0620. The van der Waals surface area contributed by atoms with E-state index in [-0.39, 0.29) is 16.8 Å². The molecule has 0 N–H and O–H groups in total. The third-order valence-electron chi connectivity index (χ3n) is 7.24. The van der Waals surface area contributed by atoms with Crippen molar-refractivity contribution in [2.24, 2.45) is 16.9 Å². The molecule has 0 bridgehead atoms. The summed E-state index contributed by atoms with van der Waals surface area (Å²) in [7, 11) is 1.22. The van der Waals surface area contributed by atoms with Gasteiger partial charge in [-0.15, -0.1) is 0 Å². The Morgan fingerprint density at radius 1 is 0.892 bits per heavy atom. The predicted octanol–water partition coefficient (Wildman–Crippen LogP) is 3.37. The summed E-state index contributed by atoms with van der Waals surface area (Å²) in [4.78, 5) is 55.2. The molecule has 0 aromatic heterocycles. The van der Waals surface area contributed by atoms with E-state index in [1.165, 1.54) is 48.5 Å². The van der Waals surface area contributed by atoms with Crippen molar-refractivity contribution >= 4 is 35.5 Å². The SMILES string of the molecule is COC(=O)c1ccccc1N1C(=O)[C@@H]2[C@H](C1=O)[C@H](C(=O)c1ccc(F)cc1)N1N=Cc3ccccc3[C@@H]21. The van der Waals surface area contributed by atoms with Crippen LogP contribution in [0.1, 0.15) is 37.9 Å². The summed E-state index contributed by atoms with van der Waals surface area (Å²) in [5, 5.41) is 6.03. The Morgan fingerprint density at radius 3 is 2.32 bits per heavy atom. The molecule has 0 radical (unpaired) electrons. The number of hydrazone groups is 1. The largest absolute Gasteiger partial charge is 0.465 e. The van der Waals surface area contributed by atoms with Crippen molar-refractivity contribution in [2.45, 2.75) is 12.1 Å². The van der Waals surface area contributed by atoms with Gasteiger partial charge >= 0.3 is 5.97 Å². The summed E-state index contributed by atoms with van der Waals surface area (Å²) >= 11 is 0. The van der Waals surface area contributed by atoms with Crippen LogP contribution in [0.25, 0.3) is 0 Å². The predicted molar refractivity (Wildman–Crippen MR) is 130 cm³/mol. The zero-order valence-electron chi connectivity index (χ0n) is 19.6. The summed E-state index contributed by atoms with van der Waals surface area (Å²) in [6, 6.07) is 16.9. The van der Waals surface area contributed by atoms with Crippen LogP contribution in [-0.2, 0) is 14.3 Å². The Balaban J connectivity index is 1.50. The van der Waals surface area contributed by atoms with Crippen molar-refractivity contribution in [1.29, 1.82) is 0 Å². The molecule has 0 spiro atoms. The first kappa shape index (κ1) is 22.8. The molecular weight excluding hydrogens is 477 g/mol. The third-order valence-corrected chi connectivity index (χ3v) is 7.24. The lowest BCUT2D eigenvalue weighted by Crippen LogP contribution is -2.45. The highest BCUT2D eigenvalue weighted by Crippen LogP contribution is 2.53. The molecule has 2 fully saturated rings. The number of carbonyl (C=O) groups excluding carboxylic acids is 4. The van der Waals surface area contributed by atoms with Crippen molar-refractivity contribution in [3.63, 3.8) is 0 Å². The summed E-state index contributed by atoms with van der Waals surface area (Å²) in [6.07, 6.45) is 1.61. The van der Waals surface area contributed by atoms with Crippen LogP contribution in [0, 0.1) is 17.7 Å². The highest BCUT2D eigenvalue weighted by atomic mass is 19.1. The molecule has 2 saturated heterocycles. The van der Waals surface area contributed by atoms with E-state index in [4.69, 9.17) is 4.74 Å². The van der Waals surface area contributed by atoms with E-state index < -0.39 is 53.3 Å². The maximum atomic E-state index is 14.0. The number of imide groups is 1. The third kappa shape index (κ3) is 3.31. The van der Waals surface area contributed by atoms with Crippen LogP contribution in [0.4, 0.5) is 10.1 Å². The molecule has 3 aliphatic rings. The lowest BCUT2D eigenvalue weighted by molar-refractivity contribution is -0.124. The van der Waals surface area contributed by atoms with E-state index in [1.807, 2.05) is 24.3 Å². The first-order valence-corrected chi connectivity index (χ1v) is 11.7. The topological polar surface area (TPSA) is 96.3 Å². The number of fused-ring (bicyclic) bond motifs is 5. The van der Waals surface area contributed by atoms with Gasteiger partial charge in [-0.3, -0.25) is 19.4 Å². The molecule has 0 saturated carbocycles. The van der Waals surface area contributed by atoms with Gasteiger partial charge in [0.2, 0.25) is 11.8 Å². The van der Waals surface area contributed by atoms with E-state index in [0.717, 1.165) is 16.0 Å². The number of hydrogen-bond acceptors (Lipinski definition) is 7. The lowest BCUT2D eigenvalue weighted by Gasteiger charge is -2.34. The lowest BCUT2D eigenvalue weighted by atomic mass is 9.83. The molecule has 3 aromatic carbocycles. The number of ether oxygens (including phenoxy) is 1. The minimum Gasteiger partial charge on any atom is -0.465 e. The normalized spacial score (nSPS) is 23.5. The van der Waals surface area contributed by atoms with Crippen LogP contribution in [0.2, 0.25) is 0 Å². The summed E-state index contributed by atoms with van der Waals surface area (Å²) in [6.45, 7) is 0. The van der Waals surface area contributed by atoms with Crippen molar-refractivity contribution in [2.75, 3.05) is 12.0 Å². The number of hydrogen-bond donors (Lipinski definition) is 0. The average molecular weight is 497 g/mol. The zero-order valence-corrected chi connectivity index (χ0v) is 19.6. The molecule has 6 rings (SSSR count). The molecule has 3 heterocycles. The summed E-state index contributed by atoms with van der Waals surface area (Å²) in [5.41, 5.74) is 1.92. The minimum atomic E-state index is -1.10. The molecule has 37 heavy (non-hydrogen) atoms. The Bertz CT molecular complexity index is 1500. The molecule has 4 atom stereocenters. The Labute approximate surface area is 210 Å². The molecular formula is C28H20FN3O5. The van der Waals surface area contributed by atoms with Crippen molar-refractivity contribution in [3.05, 3.63) is 101 Å². The number of carbonyl (C=O) groups is 4. The average Bonchev–Trinajstić information content (AvgIpc) is 3.40. The second-order valence-corrected chi connectivity index (χ2v) is 9.09. The molecule has 0 unspecified atom stereocenters. The Hall–Kier alpha value is -4.66. The molecule has 8 nitrogen and oxygen atoms in total. The maximum Gasteiger partial charge on any atom is 0.339 e. The van der Waals surface area contributed by atoms with Gasteiger partial charge in [0.25, 0.3) is 0 Å². The van der Waals surface area contributed by atoms with E-state index in [1.54, 1.807) is 18.3 Å². The fraction of sp³-hybridized carbons (Fsp3) is 0.179. The van der Waals surface area contributed by atoms with Gasteiger partial charge in [0.05, 0.1) is 42.5 Å². The number of ketones is 1. The number of para-hydroxylation sites is 1. The highest BCUT2D eigenvalue weighted by molar-refractivity contribution is 6.26. The van der Waals surface area contributed by atoms with Gasteiger partial charge in [-0.25, -0.2) is 14.1 Å². The van der Waals surface area contributed by atoms with Gasteiger partial charge in [-0.2, -0.15) is 5.10 Å². The molecule has 2 amide bonds. The maximum absolute atomic E-state index is 14.0. The molecule has 3 aliphatic heterocycles. The standard InChI is InChI=1S/C28H20FN3O5/c1-37-28(36)19-8-4-5-9-20(19)31-26(34)21-22(27(31)35)24(25(33)15-10-12-17(29)13-11-15)32-23(21)18-7-3-2-6-16(18)14-30-32/h2-14,21-24H,1H3/t21-,22+,23+,24-/m1/s1. The van der Waals surface area contributed by atoms with Gasteiger partial charge in [0.1, 0.15) is 11.9 Å². The van der Waals surface area contributed by atoms with Crippen molar-refractivity contribution < 1.29 is 28.3 Å². The van der Waals surface area contributed by atoms with Gasteiger partial charge in [-0.05, 0) is 47.5 Å². The van der Waals surface area contributed by atoms with Crippen LogP contribution in [-0.4, -0.2) is 47.9 Å². The van der Waals surface area contributed by atoms with E-state index in [2.05, 4.69) is 5.10 Å². The number of amides is 2. The van der Waals surface area contributed by atoms with Gasteiger partial charge in [0.15, 0.2) is 5.78 Å². The molecule has 9 heteroatoms. The van der Waals surface area contributed by atoms with Crippen LogP contribution >= 0.6 is 0 Å². The van der Waals surface area contributed by atoms with Gasteiger partial charge < -0.3 is 4.74 Å². The second-order valence-electron chi connectivity index (χ2n) is 9.09.